The molecule has 5 nitrogen and oxygen atoms in total. The van der Waals surface area contributed by atoms with Crippen LogP contribution in [0.5, 0.6) is 11.5 Å². The minimum atomic E-state index is 0. The number of methoxy groups -OCH3 is 2. The number of benzene rings is 2. The predicted octanol–water partition coefficient (Wildman–Crippen LogP) is 1.00. The summed E-state index contributed by atoms with van der Waals surface area (Å²) in [5.74, 6) is 1.60. The number of carbonyl (C=O) groups is 1. The number of rotatable bonds is 6. The Labute approximate surface area is 186 Å². The molecule has 0 N–H and O–H groups in total. The fourth-order valence-electron chi connectivity index (χ4n) is 3.67. The summed E-state index contributed by atoms with van der Waals surface area (Å²) < 4.78 is 14.0. The van der Waals surface area contributed by atoms with E-state index < -0.39 is 0 Å². The molecule has 1 amide bonds. The Balaban J connectivity index is 0.00000256. The van der Waals surface area contributed by atoms with Crippen LogP contribution in [0.15, 0.2) is 42.5 Å². The lowest BCUT2D eigenvalue weighted by Gasteiger charge is -2.12. The molecule has 4 rings (SSSR count). The van der Waals surface area contributed by atoms with Gasteiger partial charge >= 0.3 is 0 Å². The van der Waals surface area contributed by atoms with Crippen molar-refractivity contribution >= 4 is 39.6 Å². The summed E-state index contributed by atoms with van der Waals surface area (Å²) >= 11 is 1.69. The topological polar surface area (TPSA) is 42.7 Å². The lowest BCUT2D eigenvalue weighted by Crippen LogP contribution is -3.00. The van der Waals surface area contributed by atoms with Gasteiger partial charge in [0.05, 0.1) is 14.2 Å². The standard InChI is InChI=1S/C23H25N2O3S.ClH/c1-27-19-11-9-17(15-20(19)28-2)10-12-23-25(16-22(26)24-13-5-6-14-24)18-7-3-4-8-21(18)29-23;/h3-4,7-12,15H,5-6,13-14,16H2,1-2H3;1H/q+1;/p-1/b12-10+;. The van der Waals surface area contributed by atoms with Crippen LogP contribution in [0.2, 0.25) is 0 Å². The van der Waals surface area contributed by atoms with Crippen LogP contribution in [0, 0.1) is 0 Å². The van der Waals surface area contributed by atoms with Gasteiger partial charge in [-0.3, -0.25) is 4.79 Å². The molecule has 2 heterocycles. The van der Waals surface area contributed by atoms with Gasteiger partial charge in [0.15, 0.2) is 11.5 Å². The molecule has 1 aromatic heterocycles. The number of carbonyl (C=O) groups excluding carboxylic acids is 1. The van der Waals surface area contributed by atoms with Gasteiger partial charge in [-0.25, -0.2) is 0 Å². The molecule has 1 aliphatic rings. The second-order valence-electron chi connectivity index (χ2n) is 7.03. The summed E-state index contributed by atoms with van der Waals surface area (Å²) in [6.45, 7) is 2.12. The Morgan fingerprint density at radius 2 is 1.80 bits per heavy atom. The van der Waals surface area contributed by atoms with E-state index in [-0.39, 0.29) is 18.3 Å². The van der Waals surface area contributed by atoms with Crippen LogP contribution in [0.4, 0.5) is 0 Å². The van der Waals surface area contributed by atoms with Crippen molar-refractivity contribution in [3.05, 3.63) is 53.0 Å². The number of amides is 1. The summed E-state index contributed by atoms with van der Waals surface area (Å²) in [6.07, 6.45) is 6.33. The normalized spacial score (nSPS) is 13.6. The summed E-state index contributed by atoms with van der Waals surface area (Å²) in [4.78, 5) is 14.8. The molecule has 30 heavy (non-hydrogen) atoms. The Morgan fingerprint density at radius 1 is 1.07 bits per heavy atom. The van der Waals surface area contributed by atoms with E-state index in [9.17, 15) is 4.79 Å². The average Bonchev–Trinajstić information content (AvgIpc) is 3.41. The molecule has 0 spiro atoms. The number of fused-ring (bicyclic) bond motifs is 1. The molecular weight excluding hydrogens is 420 g/mol. The van der Waals surface area contributed by atoms with Crippen molar-refractivity contribution in [2.45, 2.75) is 19.4 Å². The van der Waals surface area contributed by atoms with E-state index in [1.807, 2.05) is 41.3 Å². The van der Waals surface area contributed by atoms with E-state index in [2.05, 4.69) is 22.8 Å². The van der Waals surface area contributed by atoms with Gasteiger partial charge < -0.3 is 26.8 Å². The number of ether oxygens (including phenoxy) is 2. The number of likely N-dealkylation sites (tertiary alicyclic amines) is 1. The fraction of sp³-hybridized carbons (Fsp3) is 0.304. The Bertz CT molecular complexity index is 1060. The van der Waals surface area contributed by atoms with Crippen LogP contribution < -0.4 is 26.4 Å². The third kappa shape index (κ3) is 4.60. The lowest BCUT2D eigenvalue weighted by atomic mass is 10.2. The highest BCUT2D eigenvalue weighted by Gasteiger charge is 2.26. The Kier molecular flexibility index (Phi) is 7.34. The van der Waals surface area contributed by atoms with Gasteiger partial charge in [0.2, 0.25) is 12.1 Å². The van der Waals surface area contributed by atoms with Crippen molar-refractivity contribution in [3.8, 4) is 11.5 Å². The van der Waals surface area contributed by atoms with E-state index in [1.165, 1.54) is 4.70 Å². The summed E-state index contributed by atoms with van der Waals surface area (Å²) in [5, 5.41) is 1.05. The van der Waals surface area contributed by atoms with Gasteiger partial charge in [0.1, 0.15) is 4.70 Å². The van der Waals surface area contributed by atoms with Crippen LogP contribution in [-0.2, 0) is 11.3 Å². The first-order valence-electron chi connectivity index (χ1n) is 9.79. The highest BCUT2D eigenvalue weighted by atomic mass is 35.5. The van der Waals surface area contributed by atoms with Crippen LogP contribution in [0.25, 0.3) is 22.4 Å². The zero-order valence-corrected chi connectivity index (χ0v) is 18.7. The number of hydrogen-bond acceptors (Lipinski definition) is 4. The van der Waals surface area contributed by atoms with Gasteiger partial charge in [-0.05, 0) is 42.7 Å². The third-order valence-electron chi connectivity index (χ3n) is 5.21. The first kappa shape index (κ1) is 22.1. The van der Waals surface area contributed by atoms with Gasteiger partial charge in [-0.1, -0.05) is 29.5 Å². The molecule has 0 unspecified atom stereocenters. The number of halogens is 1. The van der Waals surface area contributed by atoms with Gasteiger partial charge in [0.25, 0.3) is 10.9 Å². The number of aromatic nitrogens is 1. The summed E-state index contributed by atoms with van der Waals surface area (Å²) in [5.41, 5.74) is 2.11. The Morgan fingerprint density at radius 3 is 2.53 bits per heavy atom. The van der Waals surface area contributed by atoms with Crippen LogP contribution in [0.3, 0.4) is 0 Å². The molecule has 0 atom stereocenters. The van der Waals surface area contributed by atoms with Crippen molar-refractivity contribution in [2.75, 3.05) is 27.3 Å². The van der Waals surface area contributed by atoms with E-state index >= 15 is 0 Å². The smallest absolute Gasteiger partial charge is 0.288 e. The molecular formula is C23H25ClN2O3S. The number of nitrogens with zero attached hydrogens (tertiary/aromatic N) is 2. The van der Waals surface area contributed by atoms with Crippen molar-refractivity contribution in [1.29, 1.82) is 0 Å². The molecule has 158 valence electrons. The maximum atomic E-state index is 12.8. The molecule has 1 aliphatic heterocycles. The fourth-order valence-corrected chi connectivity index (χ4v) is 4.73. The van der Waals surface area contributed by atoms with Crippen molar-refractivity contribution < 1.29 is 31.2 Å². The minimum absolute atomic E-state index is 0. The number of thiazole rings is 1. The van der Waals surface area contributed by atoms with E-state index in [0.29, 0.717) is 18.0 Å². The maximum Gasteiger partial charge on any atom is 0.288 e. The number of para-hydroxylation sites is 1. The molecule has 1 saturated heterocycles. The average molecular weight is 445 g/mol. The van der Waals surface area contributed by atoms with Crippen molar-refractivity contribution in [3.63, 3.8) is 0 Å². The molecule has 3 aromatic rings. The molecule has 7 heteroatoms. The molecule has 1 fully saturated rings. The van der Waals surface area contributed by atoms with Gasteiger partial charge in [0, 0.05) is 25.2 Å². The van der Waals surface area contributed by atoms with Gasteiger partial charge in [-0.15, -0.1) is 0 Å². The zero-order chi connectivity index (χ0) is 20.2. The van der Waals surface area contributed by atoms with Crippen molar-refractivity contribution in [2.24, 2.45) is 0 Å². The van der Waals surface area contributed by atoms with Gasteiger partial charge in [-0.2, -0.15) is 4.57 Å². The Hall–Kier alpha value is -2.57. The quantitative estimate of drug-likeness (QED) is 0.533. The second kappa shape index (κ2) is 9.96. The van der Waals surface area contributed by atoms with Crippen LogP contribution >= 0.6 is 11.3 Å². The lowest BCUT2D eigenvalue weighted by molar-refractivity contribution is -0.656. The predicted molar refractivity (Wildman–Crippen MR) is 116 cm³/mol. The van der Waals surface area contributed by atoms with E-state index in [1.54, 1.807) is 25.6 Å². The van der Waals surface area contributed by atoms with E-state index in [0.717, 1.165) is 42.0 Å². The van der Waals surface area contributed by atoms with Crippen molar-refractivity contribution in [1.82, 2.24) is 4.90 Å². The first-order chi connectivity index (χ1) is 14.2. The molecule has 0 radical (unpaired) electrons. The maximum absolute atomic E-state index is 12.8. The van der Waals surface area contributed by atoms with Crippen LogP contribution in [0.1, 0.15) is 23.4 Å². The largest absolute Gasteiger partial charge is 1.00 e. The SMILES string of the molecule is COc1ccc(/C=C/c2sc3ccccc3[n+]2CC(=O)N2CCCC2)cc1OC.[Cl-]. The summed E-state index contributed by atoms with van der Waals surface area (Å²) in [6, 6.07) is 14.1. The highest BCUT2D eigenvalue weighted by molar-refractivity contribution is 7.18. The highest BCUT2D eigenvalue weighted by Crippen LogP contribution is 2.29. The zero-order valence-electron chi connectivity index (χ0n) is 17.1. The van der Waals surface area contributed by atoms with Crippen LogP contribution in [-0.4, -0.2) is 38.1 Å². The molecule has 0 bridgehead atoms. The molecule has 2 aromatic carbocycles. The molecule has 0 aliphatic carbocycles. The van der Waals surface area contributed by atoms with E-state index in [4.69, 9.17) is 9.47 Å². The first-order valence-corrected chi connectivity index (χ1v) is 10.6. The third-order valence-corrected chi connectivity index (χ3v) is 6.35. The second-order valence-corrected chi connectivity index (χ2v) is 8.09. The minimum Gasteiger partial charge on any atom is -1.00 e. The molecule has 0 saturated carbocycles. The monoisotopic (exact) mass is 444 g/mol. The number of hydrogen-bond donors (Lipinski definition) is 0. The summed E-state index contributed by atoms with van der Waals surface area (Å²) in [7, 11) is 3.26.